The Kier molecular flexibility index (Phi) is 5.39. The van der Waals surface area contributed by atoms with Crippen molar-refractivity contribution in [3.05, 3.63) is 43.6 Å². The summed E-state index contributed by atoms with van der Waals surface area (Å²) in [4.78, 5) is 23.1. The summed E-state index contributed by atoms with van der Waals surface area (Å²) >= 11 is 0.914. The van der Waals surface area contributed by atoms with E-state index in [4.69, 9.17) is 0 Å². The number of aryl methyl sites for hydroxylation is 1. The largest absolute Gasteiger partial charge is 0.312 e. The minimum absolute atomic E-state index is 0.0413. The molecule has 128 valence electrons. The van der Waals surface area contributed by atoms with E-state index < -0.39 is 10.8 Å². The predicted molar refractivity (Wildman–Crippen MR) is 87.5 cm³/mol. The molecule has 0 radical (unpaired) electrons. The summed E-state index contributed by atoms with van der Waals surface area (Å²) in [6.07, 6.45) is 1.35. The number of nitrogens with one attached hydrogen (secondary N) is 1. The fourth-order valence-corrected chi connectivity index (χ4v) is 2.74. The molecule has 0 aliphatic heterocycles. The van der Waals surface area contributed by atoms with Crippen molar-refractivity contribution >= 4 is 29.1 Å². The summed E-state index contributed by atoms with van der Waals surface area (Å²) < 4.78 is 14.3. The first-order valence-corrected chi connectivity index (χ1v) is 7.88. The van der Waals surface area contributed by atoms with Crippen LogP contribution in [0, 0.1) is 35.0 Å². The molecule has 0 saturated carbocycles. The van der Waals surface area contributed by atoms with Crippen molar-refractivity contribution in [2.24, 2.45) is 11.0 Å². The first kappa shape index (κ1) is 17.7. The summed E-state index contributed by atoms with van der Waals surface area (Å²) in [5.41, 5.74) is 3.03. The third-order valence-corrected chi connectivity index (χ3v) is 4.19. The molecule has 1 atom stereocenters. The molecule has 0 saturated heterocycles. The number of carbonyl (C=O) groups is 1. The Bertz CT molecular complexity index is 798. The van der Waals surface area contributed by atoms with Crippen LogP contribution in [-0.2, 0) is 11.3 Å². The van der Waals surface area contributed by atoms with Gasteiger partial charge in [-0.05, 0) is 26.0 Å². The standard InChI is InChI=1S/C14H16FN5O3S/c1-8(7-19-10(3)13(20(22)23)9(2)18-19)14(21)17-16-6-11-4-5-12(15)24-11/h4-6,8H,7H2,1-3H3,(H,17,21)/b16-6+. The van der Waals surface area contributed by atoms with E-state index in [1.54, 1.807) is 26.8 Å². The zero-order chi connectivity index (χ0) is 17.9. The second-order valence-corrected chi connectivity index (χ2v) is 6.30. The van der Waals surface area contributed by atoms with Crippen molar-refractivity contribution in [2.45, 2.75) is 27.3 Å². The molecule has 8 nitrogen and oxygen atoms in total. The molecule has 1 N–H and O–H groups in total. The van der Waals surface area contributed by atoms with Gasteiger partial charge in [0.15, 0.2) is 5.13 Å². The number of halogens is 1. The zero-order valence-corrected chi connectivity index (χ0v) is 14.1. The highest BCUT2D eigenvalue weighted by Gasteiger charge is 2.24. The first-order valence-electron chi connectivity index (χ1n) is 7.06. The van der Waals surface area contributed by atoms with Gasteiger partial charge < -0.3 is 0 Å². The van der Waals surface area contributed by atoms with Crippen LogP contribution in [0.25, 0.3) is 0 Å². The third-order valence-electron chi connectivity index (χ3n) is 3.38. The number of nitrogens with zero attached hydrogens (tertiary/aromatic N) is 4. The Hall–Kier alpha value is -2.62. The van der Waals surface area contributed by atoms with Gasteiger partial charge in [0, 0.05) is 0 Å². The number of hydrogen-bond acceptors (Lipinski definition) is 6. The Balaban J connectivity index is 1.98. The van der Waals surface area contributed by atoms with E-state index in [1.165, 1.54) is 17.0 Å². The van der Waals surface area contributed by atoms with Crippen LogP contribution in [0.1, 0.15) is 23.2 Å². The van der Waals surface area contributed by atoms with Crippen LogP contribution in [-0.4, -0.2) is 26.8 Å². The van der Waals surface area contributed by atoms with E-state index in [2.05, 4.69) is 15.6 Å². The normalized spacial score (nSPS) is 12.5. The number of nitro groups is 1. The molecule has 0 aromatic carbocycles. The molecule has 0 aliphatic carbocycles. The number of thiophene rings is 1. The molecule has 2 aromatic rings. The Labute approximate surface area is 141 Å². The zero-order valence-electron chi connectivity index (χ0n) is 13.3. The molecule has 0 spiro atoms. The van der Waals surface area contributed by atoms with Gasteiger partial charge in [-0.25, -0.2) is 5.43 Å². The van der Waals surface area contributed by atoms with Crippen LogP contribution in [0.4, 0.5) is 10.1 Å². The second-order valence-electron chi connectivity index (χ2n) is 5.24. The lowest BCUT2D eigenvalue weighted by atomic mass is 10.1. The molecular weight excluding hydrogens is 337 g/mol. The monoisotopic (exact) mass is 353 g/mol. The fourth-order valence-electron chi connectivity index (χ4n) is 2.14. The molecule has 0 bridgehead atoms. The summed E-state index contributed by atoms with van der Waals surface area (Å²) in [5.74, 6) is -0.863. The predicted octanol–water partition coefficient (Wildman–Crippen LogP) is 2.40. The highest BCUT2D eigenvalue weighted by Crippen LogP contribution is 2.22. The van der Waals surface area contributed by atoms with Gasteiger partial charge in [-0.15, -0.1) is 11.3 Å². The SMILES string of the molecule is Cc1nn(CC(C)C(=O)N/N=C/c2ccc(F)s2)c(C)c1[N+](=O)[O-]. The van der Waals surface area contributed by atoms with E-state index in [0.29, 0.717) is 16.3 Å². The van der Waals surface area contributed by atoms with E-state index in [1.807, 2.05) is 0 Å². The number of hydrazone groups is 1. The summed E-state index contributed by atoms with van der Waals surface area (Å²) in [7, 11) is 0. The lowest BCUT2D eigenvalue weighted by Gasteiger charge is -2.10. The van der Waals surface area contributed by atoms with Crippen molar-refractivity contribution in [2.75, 3.05) is 0 Å². The lowest BCUT2D eigenvalue weighted by molar-refractivity contribution is -0.386. The van der Waals surface area contributed by atoms with Crippen LogP contribution < -0.4 is 5.43 Å². The highest BCUT2D eigenvalue weighted by atomic mass is 32.1. The minimum Gasteiger partial charge on any atom is -0.273 e. The Morgan fingerprint density at radius 3 is 2.83 bits per heavy atom. The average Bonchev–Trinajstić information content (AvgIpc) is 3.02. The molecule has 24 heavy (non-hydrogen) atoms. The molecule has 10 heteroatoms. The maximum absolute atomic E-state index is 12.8. The van der Waals surface area contributed by atoms with Crippen molar-refractivity contribution < 1.29 is 14.1 Å². The first-order chi connectivity index (χ1) is 11.3. The minimum atomic E-state index is -0.500. The van der Waals surface area contributed by atoms with Gasteiger partial charge in [0.2, 0.25) is 5.91 Å². The van der Waals surface area contributed by atoms with Gasteiger partial charge in [0.1, 0.15) is 11.4 Å². The van der Waals surface area contributed by atoms with Gasteiger partial charge >= 0.3 is 5.69 Å². The average molecular weight is 353 g/mol. The number of rotatable bonds is 6. The van der Waals surface area contributed by atoms with Gasteiger partial charge in [0.05, 0.1) is 28.5 Å². The smallest absolute Gasteiger partial charge is 0.273 e. The summed E-state index contributed by atoms with van der Waals surface area (Å²) in [6, 6.07) is 2.86. The van der Waals surface area contributed by atoms with Crippen LogP contribution in [0.2, 0.25) is 0 Å². The lowest BCUT2D eigenvalue weighted by Crippen LogP contribution is -2.28. The topological polar surface area (TPSA) is 102 Å². The third kappa shape index (κ3) is 4.02. The number of carbonyl (C=O) groups excluding carboxylic acids is 1. The van der Waals surface area contributed by atoms with Crippen molar-refractivity contribution in [1.29, 1.82) is 0 Å². The Morgan fingerprint density at radius 1 is 1.58 bits per heavy atom. The molecule has 0 fully saturated rings. The molecule has 1 amide bonds. The van der Waals surface area contributed by atoms with Gasteiger partial charge in [0.25, 0.3) is 0 Å². The number of hydrogen-bond donors (Lipinski definition) is 1. The van der Waals surface area contributed by atoms with Gasteiger partial charge in [-0.2, -0.15) is 14.6 Å². The van der Waals surface area contributed by atoms with Crippen LogP contribution in [0.5, 0.6) is 0 Å². The van der Waals surface area contributed by atoms with Crippen molar-refractivity contribution in [3.8, 4) is 0 Å². The molecule has 1 unspecified atom stereocenters. The quantitative estimate of drug-likeness (QED) is 0.489. The van der Waals surface area contributed by atoms with E-state index in [-0.39, 0.29) is 23.3 Å². The van der Waals surface area contributed by atoms with E-state index in [0.717, 1.165) is 11.3 Å². The molecule has 2 heterocycles. The number of amides is 1. The highest BCUT2D eigenvalue weighted by molar-refractivity contribution is 7.12. The molecule has 0 aliphatic rings. The van der Waals surface area contributed by atoms with Crippen LogP contribution in [0.15, 0.2) is 17.2 Å². The summed E-state index contributed by atoms with van der Waals surface area (Å²) in [6.45, 7) is 5.00. The number of aromatic nitrogens is 2. The van der Waals surface area contributed by atoms with Crippen LogP contribution >= 0.6 is 11.3 Å². The molecule has 2 aromatic heterocycles. The Morgan fingerprint density at radius 2 is 2.29 bits per heavy atom. The van der Waals surface area contributed by atoms with E-state index in [9.17, 15) is 19.3 Å². The fraction of sp³-hybridized carbons (Fsp3) is 0.357. The van der Waals surface area contributed by atoms with Crippen molar-refractivity contribution in [3.63, 3.8) is 0 Å². The second kappa shape index (κ2) is 7.30. The van der Waals surface area contributed by atoms with Gasteiger partial charge in [-0.1, -0.05) is 6.92 Å². The van der Waals surface area contributed by atoms with Gasteiger partial charge in [-0.3, -0.25) is 19.6 Å². The van der Waals surface area contributed by atoms with Crippen LogP contribution in [0.3, 0.4) is 0 Å². The molecular formula is C14H16FN5O3S. The maximum Gasteiger partial charge on any atom is 0.312 e. The summed E-state index contributed by atoms with van der Waals surface area (Å²) in [5, 5.41) is 18.5. The molecule has 2 rings (SSSR count). The maximum atomic E-state index is 12.8. The van der Waals surface area contributed by atoms with E-state index >= 15 is 0 Å². The van der Waals surface area contributed by atoms with Crippen molar-refractivity contribution in [1.82, 2.24) is 15.2 Å².